The number of nitrogens with zero attached hydrogens (tertiary/aromatic N) is 1. The molecule has 0 aromatic heterocycles. The van der Waals surface area contributed by atoms with Crippen LogP contribution in [-0.2, 0) is 5.60 Å². The molecule has 0 radical (unpaired) electrons. The first-order chi connectivity index (χ1) is 12.1. The minimum atomic E-state index is -0.847. The van der Waals surface area contributed by atoms with Crippen molar-refractivity contribution in [3.63, 3.8) is 0 Å². The summed E-state index contributed by atoms with van der Waals surface area (Å²) in [5.74, 6) is 0.740. The predicted octanol–water partition coefficient (Wildman–Crippen LogP) is 4.22. The lowest BCUT2D eigenvalue weighted by Crippen LogP contribution is -2.48. The van der Waals surface area contributed by atoms with Crippen LogP contribution in [0.2, 0.25) is 0 Å². The molecular formula is C22H25NOS. The molecule has 2 aromatic rings. The fourth-order valence-electron chi connectivity index (χ4n) is 5.87. The van der Waals surface area contributed by atoms with E-state index in [0.29, 0.717) is 23.9 Å². The first kappa shape index (κ1) is 15.9. The molecular weight excluding hydrogens is 326 g/mol. The van der Waals surface area contributed by atoms with Crippen molar-refractivity contribution in [1.82, 2.24) is 4.90 Å². The lowest BCUT2D eigenvalue weighted by Gasteiger charge is -2.44. The number of rotatable bonds is 2. The fourth-order valence-corrected chi connectivity index (χ4v) is 6.28. The van der Waals surface area contributed by atoms with Crippen LogP contribution >= 0.6 is 11.8 Å². The van der Waals surface area contributed by atoms with Crippen molar-refractivity contribution in [2.75, 3.05) is 13.3 Å². The number of thioether (sulfide) groups is 1. The smallest absolute Gasteiger partial charge is 0.118 e. The third-order valence-electron chi connectivity index (χ3n) is 7.07. The van der Waals surface area contributed by atoms with Gasteiger partial charge in [-0.05, 0) is 61.4 Å². The molecule has 2 aromatic carbocycles. The van der Waals surface area contributed by atoms with Crippen molar-refractivity contribution < 1.29 is 5.11 Å². The molecule has 3 aliphatic rings. The Bertz CT molecular complexity index is 804. The Balaban J connectivity index is 1.68. The van der Waals surface area contributed by atoms with Crippen LogP contribution in [0.3, 0.4) is 0 Å². The highest BCUT2D eigenvalue weighted by Crippen LogP contribution is 2.60. The number of aliphatic hydroxyl groups is 1. The van der Waals surface area contributed by atoms with Crippen LogP contribution in [0, 0.1) is 5.92 Å². The normalized spacial score (nSPS) is 36.3. The molecule has 0 spiro atoms. The van der Waals surface area contributed by atoms with Crippen LogP contribution in [0.4, 0.5) is 0 Å². The van der Waals surface area contributed by atoms with Gasteiger partial charge in [0.1, 0.15) is 5.60 Å². The van der Waals surface area contributed by atoms with Crippen molar-refractivity contribution in [2.45, 2.75) is 47.8 Å². The van der Waals surface area contributed by atoms with Crippen molar-refractivity contribution in [1.29, 1.82) is 0 Å². The van der Waals surface area contributed by atoms with Crippen LogP contribution in [0.1, 0.15) is 41.9 Å². The second-order valence-corrected chi connectivity index (χ2v) is 8.79. The van der Waals surface area contributed by atoms with Gasteiger partial charge < -0.3 is 5.11 Å². The van der Waals surface area contributed by atoms with Crippen molar-refractivity contribution in [2.24, 2.45) is 5.92 Å². The molecule has 5 atom stereocenters. The highest BCUT2D eigenvalue weighted by atomic mass is 32.2. The Hall–Kier alpha value is -1.29. The Morgan fingerprint density at radius 3 is 2.60 bits per heavy atom. The van der Waals surface area contributed by atoms with Crippen LogP contribution < -0.4 is 0 Å². The summed E-state index contributed by atoms with van der Waals surface area (Å²) >= 11 is 1.75. The quantitative estimate of drug-likeness (QED) is 0.819. The molecule has 3 heteroatoms. The summed E-state index contributed by atoms with van der Waals surface area (Å²) in [5.41, 5.74) is 2.73. The molecule has 0 saturated carbocycles. The van der Waals surface area contributed by atoms with Crippen LogP contribution in [0.25, 0.3) is 0 Å². The summed E-state index contributed by atoms with van der Waals surface area (Å²) in [4.78, 5) is 3.83. The third-order valence-corrected chi connectivity index (χ3v) is 7.81. The second-order valence-electron chi connectivity index (χ2n) is 7.91. The molecule has 2 fully saturated rings. The Morgan fingerprint density at radius 1 is 1.08 bits per heavy atom. The maximum absolute atomic E-state index is 12.1. The minimum Gasteiger partial charge on any atom is -0.380 e. The molecule has 2 heterocycles. The lowest BCUT2D eigenvalue weighted by atomic mass is 9.72. The van der Waals surface area contributed by atoms with Crippen molar-refractivity contribution in [3.05, 3.63) is 65.2 Å². The van der Waals surface area contributed by atoms with Gasteiger partial charge in [-0.1, -0.05) is 36.4 Å². The zero-order chi connectivity index (χ0) is 17.2. The van der Waals surface area contributed by atoms with E-state index >= 15 is 0 Å². The van der Waals surface area contributed by atoms with Gasteiger partial charge in [-0.2, -0.15) is 0 Å². The maximum atomic E-state index is 12.1. The summed E-state index contributed by atoms with van der Waals surface area (Å²) < 4.78 is 0. The molecule has 2 nitrogen and oxygen atoms in total. The highest BCUT2D eigenvalue weighted by molar-refractivity contribution is 7.98. The van der Waals surface area contributed by atoms with Gasteiger partial charge in [-0.3, -0.25) is 4.90 Å². The summed E-state index contributed by atoms with van der Waals surface area (Å²) in [6.07, 6.45) is 5.72. The van der Waals surface area contributed by atoms with Gasteiger partial charge in [-0.15, -0.1) is 11.8 Å². The average molecular weight is 352 g/mol. The standard InChI is InChI=1S/C22H25NOS/c1-23-15-9-12-20(23)21-17-5-3-4-6-18(17)22(24,19(21)13-15)14-7-10-16(25-2)11-8-14/h3-8,10-11,15,19-21,24H,9,12-13H2,1-2H3. The molecule has 5 rings (SSSR count). The van der Waals surface area contributed by atoms with Crippen LogP contribution in [0.15, 0.2) is 53.4 Å². The van der Waals surface area contributed by atoms with Gasteiger partial charge in [0.15, 0.2) is 0 Å². The molecule has 1 aliphatic carbocycles. The first-order valence-corrected chi connectivity index (χ1v) is 10.6. The average Bonchev–Trinajstić information content (AvgIpc) is 3.04. The Morgan fingerprint density at radius 2 is 1.84 bits per heavy atom. The van der Waals surface area contributed by atoms with E-state index in [1.54, 1.807) is 11.8 Å². The largest absolute Gasteiger partial charge is 0.380 e. The molecule has 130 valence electrons. The van der Waals surface area contributed by atoms with Crippen molar-refractivity contribution in [3.8, 4) is 0 Å². The summed E-state index contributed by atoms with van der Waals surface area (Å²) in [7, 11) is 2.28. The predicted molar refractivity (Wildman–Crippen MR) is 103 cm³/mol. The van der Waals surface area contributed by atoms with Gasteiger partial charge in [0.05, 0.1) is 0 Å². The number of hydrogen-bond donors (Lipinski definition) is 1. The minimum absolute atomic E-state index is 0.290. The number of piperidine rings is 1. The summed E-state index contributed by atoms with van der Waals surface area (Å²) in [6.45, 7) is 0. The van der Waals surface area contributed by atoms with Gasteiger partial charge in [0.2, 0.25) is 0 Å². The number of fused-ring (bicyclic) bond motifs is 6. The zero-order valence-corrected chi connectivity index (χ0v) is 15.7. The topological polar surface area (TPSA) is 23.5 Å². The van der Waals surface area contributed by atoms with Crippen LogP contribution in [-0.4, -0.2) is 35.4 Å². The molecule has 2 bridgehead atoms. The number of likely N-dealkylation sites (N-methyl/N-ethyl adjacent to an activating group) is 1. The van der Waals surface area contributed by atoms with E-state index in [0.717, 1.165) is 17.5 Å². The Labute approximate surface area is 154 Å². The van der Waals surface area contributed by atoms with Crippen LogP contribution in [0.5, 0.6) is 0 Å². The van der Waals surface area contributed by atoms with E-state index in [4.69, 9.17) is 0 Å². The number of hydrogen-bond acceptors (Lipinski definition) is 3. The van der Waals surface area contributed by atoms with Gasteiger partial charge >= 0.3 is 0 Å². The number of benzene rings is 2. The molecule has 1 N–H and O–H groups in total. The molecule has 2 saturated heterocycles. The molecule has 25 heavy (non-hydrogen) atoms. The van der Waals surface area contributed by atoms with Crippen molar-refractivity contribution >= 4 is 11.8 Å². The fraction of sp³-hybridized carbons (Fsp3) is 0.455. The monoisotopic (exact) mass is 351 g/mol. The van der Waals surface area contributed by atoms with Gasteiger partial charge in [0.25, 0.3) is 0 Å². The van der Waals surface area contributed by atoms with E-state index in [1.807, 2.05) is 0 Å². The Kier molecular flexibility index (Phi) is 3.57. The zero-order valence-electron chi connectivity index (χ0n) is 14.9. The second kappa shape index (κ2) is 5.60. The molecule has 2 aliphatic heterocycles. The molecule has 0 amide bonds. The van der Waals surface area contributed by atoms with E-state index < -0.39 is 5.60 Å². The van der Waals surface area contributed by atoms with E-state index in [2.05, 4.69) is 66.7 Å². The first-order valence-electron chi connectivity index (χ1n) is 9.33. The summed E-state index contributed by atoms with van der Waals surface area (Å²) in [5, 5.41) is 12.1. The van der Waals surface area contributed by atoms with Gasteiger partial charge in [0, 0.05) is 28.8 Å². The SMILES string of the molecule is CSc1ccc(C2(O)c3ccccc3C3C4CCC(CC32)N4C)cc1. The van der Waals surface area contributed by atoms with E-state index in [9.17, 15) is 5.11 Å². The maximum Gasteiger partial charge on any atom is 0.118 e. The van der Waals surface area contributed by atoms with E-state index in [1.165, 1.54) is 23.3 Å². The lowest BCUT2D eigenvalue weighted by molar-refractivity contribution is -0.0243. The third kappa shape index (κ3) is 2.06. The summed E-state index contributed by atoms with van der Waals surface area (Å²) in [6, 6.07) is 18.4. The van der Waals surface area contributed by atoms with E-state index in [-0.39, 0.29) is 0 Å². The molecule has 5 unspecified atom stereocenters. The van der Waals surface area contributed by atoms with Gasteiger partial charge in [-0.25, -0.2) is 0 Å². The highest BCUT2D eigenvalue weighted by Gasteiger charge is 2.59.